The van der Waals surface area contributed by atoms with Crippen LogP contribution in [0.25, 0.3) is 0 Å². The molecule has 0 spiro atoms. The van der Waals surface area contributed by atoms with Crippen molar-refractivity contribution in [2.75, 3.05) is 12.0 Å². The van der Waals surface area contributed by atoms with Crippen LogP contribution in [-0.2, 0) is 9.53 Å². The van der Waals surface area contributed by atoms with Crippen LogP contribution >= 0.6 is 11.3 Å². The van der Waals surface area contributed by atoms with Gasteiger partial charge in [-0.15, -0.1) is 11.3 Å². The Morgan fingerprint density at radius 1 is 1.00 bits per heavy atom. The molecule has 2 heterocycles. The van der Waals surface area contributed by atoms with Crippen LogP contribution in [0.3, 0.4) is 0 Å². The Labute approximate surface area is 176 Å². The van der Waals surface area contributed by atoms with E-state index in [4.69, 9.17) is 4.74 Å². The molecule has 1 amide bonds. The van der Waals surface area contributed by atoms with Gasteiger partial charge in [0.25, 0.3) is 5.91 Å². The van der Waals surface area contributed by atoms with Gasteiger partial charge in [-0.05, 0) is 41.3 Å². The number of thiophene rings is 1. The molecule has 0 fully saturated rings. The Bertz CT molecular complexity index is 1130. The number of carbonyl (C=O) groups is 3. The maximum absolute atomic E-state index is 13.2. The van der Waals surface area contributed by atoms with E-state index >= 15 is 0 Å². The molecular weight excluding hydrogens is 402 g/mol. The van der Waals surface area contributed by atoms with E-state index in [0.717, 1.165) is 0 Å². The Morgan fingerprint density at radius 2 is 1.70 bits per heavy atom. The standard InChI is InChI=1S/C23H17NO5S/c1-29-23(28)15-9-11-16(12-10-15)24-19(14-6-3-2-4-7-14)18(21(26)22(24)27)20(25)17-8-5-13-30-17/h2-13,19,26H,1H3. The molecule has 0 radical (unpaired) electrons. The molecule has 1 aromatic heterocycles. The molecule has 2 aromatic carbocycles. The van der Waals surface area contributed by atoms with Crippen molar-refractivity contribution in [1.82, 2.24) is 0 Å². The van der Waals surface area contributed by atoms with Crippen molar-refractivity contribution >= 4 is 34.7 Å². The van der Waals surface area contributed by atoms with Gasteiger partial charge >= 0.3 is 5.97 Å². The minimum Gasteiger partial charge on any atom is -0.503 e. The average Bonchev–Trinajstić information content (AvgIpc) is 3.41. The van der Waals surface area contributed by atoms with E-state index in [1.165, 1.54) is 35.5 Å². The second-order valence-electron chi connectivity index (χ2n) is 6.60. The topological polar surface area (TPSA) is 83.9 Å². The zero-order valence-electron chi connectivity index (χ0n) is 15.9. The Kier molecular flexibility index (Phi) is 5.20. The molecular formula is C23H17NO5S. The Hall–Kier alpha value is -3.71. The van der Waals surface area contributed by atoms with Gasteiger partial charge < -0.3 is 9.84 Å². The number of esters is 1. The average molecular weight is 419 g/mol. The highest BCUT2D eigenvalue weighted by atomic mass is 32.1. The van der Waals surface area contributed by atoms with Crippen molar-refractivity contribution in [2.45, 2.75) is 6.04 Å². The maximum Gasteiger partial charge on any atom is 0.337 e. The fourth-order valence-corrected chi connectivity index (χ4v) is 4.15. The summed E-state index contributed by atoms with van der Waals surface area (Å²) >= 11 is 1.25. The van der Waals surface area contributed by atoms with E-state index in [1.807, 2.05) is 6.07 Å². The number of Topliss-reactive ketones (excluding diaryl/α,β-unsaturated/α-hetero) is 1. The molecule has 0 bridgehead atoms. The number of aliphatic hydroxyl groups is 1. The predicted octanol–water partition coefficient (Wildman–Crippen LogP) is 4.32. The third kappa shape index (κ3) is 3.29. The number of methoxy groups -OCH3 is 1. The smallest absolute Gasteiger partial charge is 0.337 e. The number of benzene rings is 2. The normalized spacial score (nSPS) is 16.1. The quantitative estimate of drug-likeness (QED) is 0.492. The third-order valence-corrected chi connectivity index (χ3v) is 5.75. The molecule has 30 heavy (non-hydrogen) atoms. The minimum atomic E-state index is -0.794. The number of amides is 1. The lowest BCUT2D eigenvalue weighted by Gasteiger charge is -2.27. The summed E-state index contributed by atoms with van der Waals surface area (Å²) in [7, 11) is 1.29. The van der Waals surface area contributed by atoms with Crippen LogP contribution in [0.15, 0.2) is 83.4 Å². The van der Waals surface area contributed by atoms with Crippen LogP contribution in [0.1, 0.15) is 31.6 Å². The molecule has 0 aliphatic carbocycles. The lowest BCUT2D eigenvalue weighted by Crippen LogP contribution is -2.31. The van der Waals surface area contributed by atoms with Crippen LogP contribution in [-0.4, -0.2) is 29.9 Å². The van der Waals surface area contributed by atoms with Crippen molar-refractivity contribution in [3.8, 4) is 0 Å². The summed E-state index contributed by atoms with van der Waals surface area (Å²) in [5.74, 6) is -2.13. The van der Waals surface area contributed by atoms with Crippen molar-refractivity contribution in [3.63, 3.8) is 0 Å². The zero-order chi connectivity index (χ0) is 21.3. The molecule has 1 aliphatic heterocycles. The molecule has 3 aromatic rings. The van der Waals surface area contributed by atoms with E-state index in [1.54, 1.807) is 53.9 Å². The van der Waals surface area contributed by atoms with Gasteiger partial charge in [0.2, 0.25) is 5.78 Å². The highest BCUT2D eigenvalue weighted by molar-refractivity contribution is 7.12. The van der Waals surface area contributed by atoms with Crippen LogP contribution in [0.5, 0.6) is 0 Å². The zero-order valence-corrected chi connectivity index (χ0v) is 16.8. The van der Waals surface area contributed by atoms with Crippen molar-refractivity contribution in [3.05, 3.63) is 99.4 Å². The lowest BCUT2D eigenvalue weighted by molar-refractivity contribution is -0.117. The maximum atomic E-state index is 13.2. The van der Waals surface area contributed by atoms with Gasteiger partial charge in [-0.1, -0.05) is 36.4 Å². The summed E-state index contributed by atoms with van der Waals surface area (Å²) in [4.78, 5) is 39.7. The number of hydrogen-bond acceptors (Lipinski definition) is 6. The SMILES string of the molecule is COC(=O)c1ccc(N2C(=O)C(O)=C(C(=O)c3cccs3)C2c2ccccc2)cc1. The first-order chi connectivity index (χ1) is 14.5. The van der Waals surface area contributed by atoms with E-state index in [-0.39, 0.29) is 5.57 Å². The number of carbonyl (C=O) groups excluding carboxylic acids is 3. The van der Waals surface area contributed by atoms with Gasteiger partial charge in [-0.25, -0.2) is 4.79 Å². The lowest BCUT2D eigenvalue weighted by atomic mass is 9.95. The molecule has 4 rings (SSSR count). The number of hydrogen-bond donors (Lipinski definition) is 1. The number of rotatable bonds is 5. The highest BCUT2D eigenvalue weighted by Crippen LogP contribution is 2.42. The summed E-state index contributed by atoms with van der Waals surface area (Å²) in [6, 6.07) is 17.9. The number of nitrogens with zero attached hydrogens (tertiary/aromatic N) is 1. The van der Waals surface area contributed by atoms with E-state index in [2.05, 4.69) is 0 Å². The van der Waals surface area contributed by atoms with Gasteiger partial charge in [0, 0.05) is 5.69 Å². The van der Waals surface area contributed by atoms with Gasteiger partial charge in [-0.2, -0.15) is 0 Å². The largest absolute Gasteiger partial charge is 0.503 e. The van der Waals surface area contributed by atoms with Crippen LogP contribution < -0.4 is 4.90 Å². The molecule has 7 heteroatoms. The fraction of sp³-hybridized carbons (Fsp3) is 0.0870. The second kappa shape index (κ2) is 7.96. The molecule has 1 atom stereocenters. The van der Waals surface area contributed by atoms with Crippen molar-refractivity contribution in [2.24, 2.45) is 0 Å². The molecule has 0 saturated carbocycles. The van der Waals surface area contributed by atoms with E-state index < -0.39 is 29.5 Å². The summed E-state index contributed by atoms with van der Waals surface area (Å²) in [6.07, 6.45) is 0. The molecule has 1 aliphatic rings. The molecule has 6 nitrogen and oxygen atoms in total. The number of aliphatic hydroxyl groups excluding tert-OH is 1. The van der Waals surface area contributed by atoms with Crippen LogP contribution in [0, 0.1) is 0 Å². The van der Waals surface area contributed by atoms with Crippen molar-refractivity contribution in [1.29, 1.82) is 0 Å². The fourth-order valence-electron chi connectivity index (χ4n) is 3.47. The van der Waals surface area contributed by atoms with E-state index in [0.29, 0.717) is 21.7 Å². The van der Waals surface area contributed by atoms with Crippen LogP contribution in [0.2, 0.25) is 0 Å². The Balaban J connectivity index is 1.82. The molecule has 0 saturated heterocycles. The van der Waals surface area contributed by atoms with E-state index in [9.17, 15) is 19.5 Å². The minimum absolute atomic E-state index is 0.0331. The highest BCUT2D eigenvalue weighted by Gasteiger charge is 2.44. The summed E-state index contributed by atoms with van der Waals surface area (Å²) in [6.45, 7) is 0. The molecule has 1 N–H and O–H groups in total. The first-order valence-electron chi connectivity index (χ1n) is 9.11. The van der Waals surface area contributed by atoms with Gasteiger partial charge in [0.05, 0.1) is 29.2 Å². The van der Waals surface area contributed by atoms with Crippen molar-refractivity contribution < 1.29 is 24.2 Å². The van der Waals surface area contributed by atoms with Crippen LogP contribution in [0.4, 0.5) is 5.69 Å². The molecule has 1 unspecified atom stereocenters. The van der Waals surface area contributed by atoms with Gasteiger partial charge in [-0.3, -0.25) is 14.5 Å². The monoisotopic (exact) mass is 419 g/mol. The molecule has 150 valence electrons. The number of ether oxygens (including phenoxy) is 1. The number of anilines is 1. The summed E-state index contributed by atoms with van der Waals surface area (Å²) in [5, 5.41) is 12.4. The predicted molar refractivity (Wildman–Crippen MR) is 113 cm³/mol. The summed E-state index contributed by atoms with van der Waals surface area (Å²) in [5.41, 5.74) is 1.50. The first kappa shape index (κ1) is 19.6. The second-order valence-corrected chi connectivity index (χ2v) is 7.54. The Morgan fingerprint density at radius 3 is 2.30 bits per heavy atom. The number of ketones is 1. The van der Waals surface area contributed by atoms with Gasteiger partial charge in [0.15, 0.2) is 5.76 Å². The van der Waals surface area contributed by atoms with Gasteiger partial charge in [0.1, 0.15) is 0 Å². The summed E-state index contributed by atoms with van der Waals surface area (Å²) < 4.78 is 4.71. The first-order valence-corrected chi connectivity index (χ1v) is 9.99. The third-order valence-electron chi connectivity index (χ3n) is 4.88.